The zero-order valence-corrected chi connectivity index (χ0v) is 14.0. The molecule has 1 N–H and O–H groups in total. The average molecular weight is 324 g/mol. The Labute approximate surface area is 135 Å². The molecule has 0 saturated carbocycles. The first-order valence-corrected chi connectivity index (χ1v) is 7.85. The van der Waals surface area contributed by atoms with Crippen molar-refractivity contribution in [1.29, 1.82) is 0 Å². The maximum atomic E-state index is 6.28. The van der Waals surface area contributed by atoms with Gasteiger partial charge in [-0.1, -0.05) is 50.0 Å². The highest BCUT2D eigenvalue weighted by atomic mass is 35.5. The molecular weight excluding hydrogens is 305 g/mol. The van der Waals surface area contributed by atoms with Crippen LogP contribution >= 0.6 is 23.2 Å². The fourth-order valence-electron chi connectivity index (χ4n) is 1.90. The molecule has 0 fully saturated rings. The van der Waals surface area contributed by atoms with E-state index < -0.39 is 0 Å². The van der Waals surface area contributed by atoms with Crippen LogP contribution in [0.1, 0.15) is 38.8 Å². The van der Waals surface area contributed by atoms with Crippen molar-refractivity contribution >= 4 is 29.0 Å². The van der Waals surface area contributed by atoms with E-state index in [0.717, 1.165) is 30.0 Å². The van der Waals surface area contributed by atoms with E-state index in [-0.39, 0.29) is 0 Å². The van der Waals surface area contributed by atoms with E-state index in [4.69, 9.17) is 23.2 Å². The Hall–Kier alpha value is -1.32. The van der Waals surface area contributed by atoms with Gasteiger partial charge in [-0.05, 0) is 24.5 Å². The summed E-state index contributed by atoms with van der Waals surface area (Å²) >= 11 is 12.4. The second kappa shape index (κ2) is 7.10. The zero-order valence-electron chi connectivity index (χ0n) is 12.5. The van der Waals surface area contributed by atoms with Crippen LogP contribution in [0.5, 0.6) is 0 Å². The van der Waals surface area contributed by atoms with Crippen LogP contribution < -0.4 is 5.32 Å². The van der Waals surface area contributed by atoms with Crippen molar-refractivity contribution in [3.05, 3.63) is 40.0 Å². The summed E-state index contributed by atoms with van der Waals surface area (Å²) in [5.41, 5.74) is 1.74. The highest BCUT2D eigenvalue weighted by Gasteiger charge is 2.13. The second-order valence-corrected chi connectivity index (χ2v) is 5.97. The molecule has 0 radical (unpaired) electrons. The van der Waals surface area contributed by atoms with Gasteiger partial charge in [0.25, 0.3) is 0 Å². The standard InChI is InChI=1S/C16H19Cl2N3/c1-4-8-19-14-9-13(10(2)3)20-16(21-14)11-6-5-7-12(17)15(11)18/h5-7,9-10H,4,8H2,1-3H3,(H,19,20,21). The lowest BCUT2D eigenvalue weighted by atomic mass is 10.1. The highest BCUT2D eigenvalue weighted by molar-refractivity contribution is 6.43. The molecule has 0 amide bonds. The molecule has 0 atom stereocenters. The van der Waals surface area contributed by atoms with E-state index in [1.807, 2.05) is 18.2 Å². The van der Waals surface area contributed by atoms with Crippen molar-refractivity contribution in [3.8, 4) is 11.4 Å². The van der Waals surface area contributed by atoms with E-state index in [0.29, 0.717) is 21.8 Å². The molecule has 1 heterocycles. The predicted octanol–water partition coefficient (Wildman–Crippen LogP) is 5.40. The van der Waals surface area contributed by atoms with Crippen LogP contribution in [0.4, 0.5) is 5.82 Å². The molecule has 0 aliphatic heterocycles. The monoisotopic (exact) mass is 323 g/mol. The van der Waals surface area contributed by atoms with Gasteiger partial charge < -0.3 is 5.32 Å². The third-order valence-electron chi connectivity index (χ3n) is 3.09. The minimum absolute atomic E-state index is 0.312. The molecule has 1 aromatic heterocycles. The van der Waals surface area contributed by atoms with Crippen molar-refractivity contribution in [1.82, 2.24) is 9.97 Å². The Bertz CT molecular complexity index is 627. The molecule has 5 heteroatoms. The Morgan fingerprint density at radius 2 is 1.95 bits per heavy atom. The van der Waals surface area contributed by atoms with Crippen LogP contribution in [0, 0.1) is 0 Å². The molecule has 0 saturated heterocycles. The van der Waals surface area contributed by atoms with E-state index in [1.54, 1.807) is 6.07 Å². The Morgan fingerprint density at radius 1 is 1.19 bits per heavy atom. The molecule has 1 aromatic carbocycles. The van der Waals surface area contributed by atoms with Crippen LogP contribution in [0.25, 0.3) is 11.4 Å². The largest absolute Gasteiger partial charge is 0.370 e. The molecule has 0 aliphatic rings. The Balaban J connectivity index is 2.51. The van der Waals surface area contributed by atoms with Crippen LogP contribution in [0.15, 0.2) is 24.3 Å². The van der Waals surface area contributed by atoms with Gasteiger partial charge in [0.15, 0.2) is 5.82 Å². The molecule has 2 rings (SSSR count). The number of nitrogens with one attached hydrogen (secondary N) is 1. The average Bonchev–Trinajstić information content (AvgIpc) is 2.47. The summed E-state index contributed by atoms with van der Waals surface area (Å²) < 4.78 is 0. The maximum absolute atomic E-state index is 6.28. The number of rotatable bonds is 5. The lowest BCUT2D eigenvalue weighted by molar-refractivity contribution is 0.816. The van der Waals surface area contributed by atoms with Crippen molar-refractivity contribution in [2.45, 2.75) is 33.1 Å². The lowest BCUT2D eigenvalue weighted by Gasteiger charge is -2.12. The fourth-order valence-corrected chi connectivity index (χ4v) is 2.29. The molecule has 0 unspecified atom stereocenters. The van der Waals surface area contributed by atoms with Gasteiger partial charge in [-0.3, -0.25) is 0 Å². The van der Waals surface area contributed by atoms with E-state index in [2.05, 4.69) is 36.1 Å². The fraction of sp³-hybridized carbons (Fsp3) is 0.375. The van der Waals surface area contributed by atoms with Crippen LogP contribution in [-0.2, 0) is 0 Å². The zero-order chi connectivity index (χ0) is 15.4. The predicted molar refractivity (Wildman–Crippen MR) is 90.4 cm³/mol. The normalized spacial score (nSPS) is 11.0. The van der Waals surface area contributed by atoms with E-state index in [1.165, 1.54) is 0 Å². The minimum Gasteiger partial charge on any atom is -0.370 e. The molecule has 3 nitrogen and oxygen atoms in total. The number of hydrogen-bond acceptors (Lipinski definition) is 3. The first kappa shape index (κ1) is 16.1. The maximum Gasteiger partial charge on any atom is 0.163 e. The molecule has 0 bridgehead atoms. The summed E-state index contributed by atoms with van der Waals surface area (Å²) in [5.74, 6) is 1.74. The number of anilines is 1. The lowest BCUT2D eigenvalue weighted by Crippen LogP contribution is -2.06. The number of hydrogen-bond donors (Lipinski definition) is 1. The molecule has 112 valence electrons. The van der Waals surface area contributed by atoms with Gasteiger partial charge in [0.2, 0.25) is 0 Å². The summed E-state index contributed by atoms with van der Waals surface area (Å²) in [6.45, 7) is 7.20. The third-order valence-corrected chi connectivity index (χ3v) is 3.91. The summed E-state index contributed by atoms with van der Waals surface area (Å²) in [7, 11) is 0. The van der Waals surface area contributed by atoms with E-state index >= 15 is 0 Å². The second-order valence-electron chi connectivity index (χ2n) is 5.18. The Kier molecular flexibility index (Phi) is 5.43. The first-order valence-electron chi connectivity index (χ1n) is 7.10. The number of nitrogens with zero attached hydrogens (tertiary/aromatic N) is 2. The molecule has 0 spiro atoms. The molecule has 21 heavy (non-hydrogen) atoms. The van der Waals surface area contributed by atoms with Gasteiger partial charge in [-0.15, -0.1) is 0 Å². The molecule has 2 aromatic rings. The van der Waals surface area contributed by atoms with Gasteiger partial charge in [0.1, 0.15) is 5.82 Å². The van der Waals surface area contributed by atoms with Gasteiger partial charge >= 0.3 is 0 Å². The minimum atomic E-state index is 0.312. The summed E-state index contributed by atoms with van der Waals surface area (Å²) in [4.78, 5) is 9.18. The van der Waals surface area contributed by atoms with Crippen molar-refractivity contribution in [2.24, 2.45) is 0 Å². The number of benzene rings is 1. The summed E-state index contributed by atoms with van der Waals surface area (Å²) in [6.07, 6.45) is 1.04. The number of halogens is 2. The molecule has 0 aliphatic carbocycles. The van der Waals surface area contributed by atoms with Crippen molar-refractivity contribution < 1.29 is 0 Å². The van der Waals surface area contributed by atoms with Crippen LogP contribution in [0.3, 0.4) is 0 Å². The third kappa shape index (κ3) is 3.86. The smallest absolute Gasteiger partial charge is 0.163 e. The summed E-state index contributed by atoms with van der Waals surface area (Å²) in [5, 5.41) is 4.30. The quantitative estimate of drug-likeness (QED) is 0.800. The van der Waals surface area contributed by atoms with Gasteiger partial charge in [-0.2, -0.15) is 0 Å². The first-order chi connectivity index (χ1) is 10.0. The van der Waals surface area contributed by atoms with Crippen LogP contribution in [-0.4, -0.2) is 16.5 Å². The Morgan fingerprint density at radius 3 is 2.62 bits per heavy atom. The van der Waals surface area contributed by atoms with Crippen molar-refractivity contribution in [2.75, 3.05) is 11.9 Å². The van der Waals surface area contributed by atoms with Crippen molar-refractivity contribution in [3.63, 3.8) is 0 Å². The topological polar surface area (TPSA) is 37.8 Å². The van der Waals surface area contributed by atoms with Gasteiger partial charge in [0.05, 0.1) is 10.0 Å². The highest BCUT2D eigenvalue weighted by Crippen LogP contribution is 2.32. The SMILES string of the molecule is CCCNc1cc(C(C)C)nc(-c2cccc(Cl)c2Cl)n1. The molecular formula is C16H19Cl2N3. The number of aromatic nitrogens is 2. The van der Waals surface area contributed by atoms with Gasteiger partial charge in [-0.25, -0.2) is 9.97 Å². The van der Waals surface area contributed by atoms with E-state index in [9.17, 15) is 0 Å². The van der Waals surface area contributed by atoms with Crippen LogP contribution in [0.2, 0.25) is 10.0 Å². The van der Waals surface area contributed by atoms with Gasteiger partial charge in [0, 0.05) is 23.9 Å². The summed E-state index contributed by atoms with van der Waals surface area (Å²) in [6, 6.07) is 7.49.